The second-order valence-corrected chi connectivity index (χ2v) is 14.2. The number of nitrogens with zero attached hydrogens (tertiary/aromatic N) is 1. The lowest BCUT2D eigenvalue weighted by atomic mass is 9.69. The number of aliphatic hydroxyl groups excluding tert-OH is 4. The Morgan fingerprint density at radius 2 is 1.89 bits per heavy atom. The van der Waals surface area contributed by atoms with Crippen molar-refractivity contribution in [3.8, 4) is 0 Å². The summed E-state index contributed by atoms with van der Waals surface area (Å²) >= 11 is 0. The van der Waals surface area contributed by atoms with Crippen molar-refractivity contribution in [2.45, 2.75) is 126 Å². The molecule has 0 aromatic rings. The summed E-state index contributed by atoms with van der Waals surface area (Å²) in [6.45, 7) is 6.51. The van der Waals surface area contributed by atoms with Crippen molar-refractivity contribution in [3.05, 3.63) is 18.2 Å². The summed E-state index contributed by atoms with van der Waals surface area (Å²) in [6.07, 6.45) is -2.96. The van der Waals surface area contributed by atoms with Crippen molar-refractivity contribution in [2.75, 3.05) is 13.2 Å². The van der Waals surface area contributed by atoms with Crippen LogP contribution in [0, 0.1) is 36.1 Å². The maximum Gasteiger partial charge on any atom is 0.194 e. The number of carbonyl (C=O) groups is 1. The summed E-state index contributed by atoms with van der Waals surface area (Å²) in [7, 11) is 0. The fourth-order valence-corrected chi connectivity index (χ4v) is 8.04. The molecule has 0 aromatic heterocycles. The van der Waals surface area contributed by atoms with E-state index in [1.54, 1.807) is 12.8 Å². The van der Waals surface area contributed by atoms with Gasteiger partial charge in [-0.3, -0.25) is 0 Å². The van der Waals surface area contributed by atoms with E-state index in [0.717, 1.165) is 31.3 Å². The summed E-state index contributed by atoms with van der Waals surface area (Å²) in [5, 5.41) is 81.4. The molecule has 2 saturated heterocycles. The lowest BCUT2D eigenvalue weighted by molar-refractivity contribution is -0.837. The average molecular weight is 640 g/mol. The highest BCUT2D eigenvalue weighted by molar-refractivity contribution is 5.81. The number of aliphatic carboxylic acids is 1. The van der Waals surface area contributed by atoms with Gasteiger partial charge >= 0.3 is 0 Å². The van der Waals surface area contributed by atoms with Gasteiger partial charge in [0.05, 0.1) is 55.0 Å². The minimum Gasteiger partial charge on any atom is -0.804 e. The molecule has 0 bridgehead atoms. The van der Waals surface area contributed by atoms with Crippen LogP contribution in [0.5, 0.6) is 0 Å². The molecule has 4 fully saturated rings. The van der Waals surface area contributed by atoms with Crippen LogP contribution >= 0.6 is 0 Å². The maximum atomic E-state index is 13.7. The van der Waals surface area contributed by atoms with Gasteiger partial charge in [-0.15, -0.1) is 4.99 Å². The second-order valence-electron chi connectivity index (χ2n) is 14.2. The lowest BCUT2D eigenvalue weighted by Crippen LogP contribution is -3.02. The Balaban J connectivity index is 1.25. The van der Waals surface area contributed by atoms with Gasteiger partial charge in [-0.25, -0.2) is 0 Å². The number of hydrogen-bond donors (Lipinski definition) is 6. The molecule has 2 saturated carbocycles. The van der Waals surface area contributed by atoms with Crippen LogP contribution in [0.4, 0.5) is 0 Å². The zero-order chi connectivity index (χ0) is 32.5. The first-order valence-corrected chi connectivity index (χ1v) is 16.6. The van der Waals surface area contributed by atoms with Crippen LogP contribution < -0.4 is 15.5 Å². The minimum absolute atomic E-state index is 0.0216. The van der Waals surface area contributed by atoms with Crippen LogP contribution in [0.15, 0.2) is 16.6 Å². The quantitative estimate of drug-likeness (QED) is 0.0747. The Bertz CT molecular complexity index is 1070. The fraction of sp³-hybridized carbons (Fsp3) is 0.844. The Labute approximate surface area is 264 Å². The normalized spacial score (nSPS) is 43.3. The monoisotopic (exact) mass is 639 g/mol. The molecule has 3 heterocycles. The van der Waals surface area contributed by atoms with Crippen LogP contribution in [0.2, 0.25) is 0 Å². The third kappa shape index (κ3) is 7.43. The van der Waals surface area contributed by atoms with E-state index in [9.17, 15) is 40.5 Å². The number of rotatable bonds is 11. The lowest BCUT2D eigenvalue weighted by Gasteiger charge is -2.53. The number of allylic oxidation sites excluding steroid dienone is 1. The van der Waals surface area contributed by atoms with Gasteiger partial charge in [0, 0.05) is 18.8 Å². The van der Waals surface area contributed by atoms with Crippen molar-refractivity contribution in [3.63, 3.8) is 0 Å². The van der Waals surface area contributed by atoms with E-state index < -0.39 is 54.6 Å². The largest absolute Gasteiger partial charge is 0.804 e. The molecule has 0 aromatic carbocycles. The number of aliphatic imine (C=N–C) groups is 1. The number of carboxylic acid groups (broad SMARTS) is 1. The number of carbonyl (C=O) groups excluding carboxylic acids is 1. The van der Waals surface area contributed by atoms with Crippen molar-refractivity contribution >= 4 is 12.2 Å². The minimum atomic E-state index is -2.69. The molecular weight excluding hydrogens is 588 g/mol. The molecule has 0 radical (unpaired) electrons. The summed E-state index contributed by atoms with van der Waals surface area (Å²) in [4.78, 5) is 15.9. The first-order valence-electron chi connectivity index (χ1n) is 16.6. The number of aliphatic hydroxyl groups is 7. The number of nitrogens with two attached hydrogens (primary N) is 1. The Morgan fingerprint density at radius 3 is 2.53 bits per heavy atom. The molecule has 0 spiro atoms. The second kappa shape index (κ2) is 14.6. The van der Waals surface area contributed by atoms with E-state index in [1.807, 2.05) is 19.9 Å². The van der Waals surface area contributed by atoms with Crippen molar-refractivity contribution < 1.29 is 60.1 Å². The van der Waals surface area contributed by atoms with E-state index in [2.05, 4.69) is 4.99 Å². The van der Waals surface area contributed by atoms with Crippen LogP contribution in [-0.4, -0.2) is 116 Å². The molecule has 5 aliphatic rings. The van der Waals surface area contributed by atoms with Crippen molar-refractivity contribution in [1.29, 1.82) is 0 Å². The van der Waals surface area contributed by atoms with Crippen LogP contribution in [0.25, 0.3) is 0 Å². The summed E-state index contributed by atoms with van der Waals surface area (Å²) in [5.74, 6) is -1.35. The SMILES string of the molecule is CC(C)[C@H](C[NH2+][C@H]([O-])[C@@]1(O)[C@H](OC2CCC3C(C2)[OH+]CC(C2CCC(O)CC2)C3O)O[C@H](C(=O)[O-])[C@@H](O)[C@@H]1O)CC1=C[CH+]N=C1. The van der Waals surface area contributed by atoms with E-state index in [1.165, 1.54) is 5.32 Å². The molecule has 8 N–H and O–H groups in total. The Hall–Kier alpha value is -1.65. The fourth-order valence-electron chi connectivity index (χ4n) is 8.04. The van der Waals surface area contributed by atoms with Gasteiger partial charge in [0.15, 0.2) is 30.8 Å². The molecule has 0 amide bonds. The summed E-state index contributed by atoms with van der Waals surface area (Å²) in [6, 6.07) is 0. The average Bonchev–Trinajstić information content (AvgIpc) is 3.53. The Kier molecular flexibility index (Phi) is 11.3. The van der Waals surface area contributed by atoms with Gasteiger partial charge in [0.2, 0.25) is 0 Å². The maximum absolute atomic E-state index is 13.7. The zero-order valence-corrected chi connectivity index (χ0v) is 26.1. The van der Waals surface area contributed by atoms with Gasteiger partial charge in [-0.05, 0) is 50.4 Å². The van der Waals surface area contributed by atoms with Crippen LogP contribution in [-0.2, 0) is 14.3 Å². The van der Waals surface area contributed by atoms with E-state index in [4.69, 9.17) is 14.2 Å². The molecule has 5 rings (SSSR count). The third-order valence-electron chi connectivity index (χ3n) is 11.1. The molecule has 45 heavy (non-hydrogen) atoms. The highest BCUT2D eigenvalue weighted by Gasteiger charge is 2.60. The molecule has 5 unspecified atom stereocenters. The highest BCUT2D eigenvalue weighted by Crippen LogP contribution is 2.43. The van der Waals surface area contributed by atoms with Gasteiger partial charge in [0.1, 0.15) is 30.4 Å². The highest BCUT2D eigenvalue weighted by atomic mass is 16.7. The number of fused-ring (bicyclic) bond motifs is 1. The van der Waals surface area contributed by atoms with Crippen LogP contribution in [0.1, 0.15) is 65.2 Å². The molecule has 12 atom stereocenters. The third-order valence-corrected chi connectivity index (χ3v) is 11.1. The predicted molar refractivity (Wildman–Crippen MR) is 156 cm³/mol. The van der Waals surface area contributed by atoms with E-state index in [-0.39, 0.29) is 42.4 Å². The smallest absolute Gasteiger partial charge is 0.194 e. The van der Waals surface area contributed by atoms with E-state index >= 15 is 0 Å². The molecule has 13 heteroatoms. The first kappa shape index (κ1) is 34.7. The first-order chi connectivity index (χ1) is 21.4. The van der Waals surface area contributed by atoms with Crippen molar-refractivity contribution in [2.24, 2.45) is 34.6 Å². The molecular formula is C32H51N2O11+. The topological polar surface area (TPSA) is 225 Å². The van der Waals surface area contributed by atoms with Crippen molar-refractivity contribution in [1.82, 2.24) is 0 Å². The standard InChI is InChI=1S/C32H50N2O11/c1-16(2)19(11-17-9-10-33-13-17)14-34-30(41)32(42)28(38)26(37)27(29(39)40)45-31(32)44-21-7-8-22-24(12-21)43-15-23(25(22)36)18-3-5-20(35)6-4-18/h9-10,13,16,18-28,30-31,34-38,42H,3-8,11-12,14-15H2,1-2H3,(H,39,40)/p+1/t18?,19-,20?,21?,22?,23?,24?,25?,26+,27-,28-,30+,31+,32+/m0/s1. The van der Waals surface area contributed by atoms with Crippen LogP contribution in [0.3, 0.4) is 0 Å². The predicted octanol–water partition coefficient (Wildman–Crippen LogP) is -3.38. The molecule has 2 aliphatic carbocycles. The number of hydrogen-bond acceptors (Lipinski definition) is 11. The molecule has 254 valence electrons. The summed E-state index contributed by atoms with van der Waals surface area (Å²) < 4.78 is 16.5. The molecule has 3 aliphatic heterocycles. The number of carboxylic acids is 1. The summed E-state index contributed by atoms with van der Waals surface area (Å²) in [5.41, 5.74) is -1.68. The number of ether oxygens (including phenoxy) is 3. The number of quaternary nitrogens is 1. The molecule has 13 nitrogen and oxygen atoms in total. The van der Waals surface area contributed by atoms with E-state index in [0.29, 0.717) is 38.2 Å². The van der Waals surface area contributed by atoms with Gasteiger partial charge in [-0.1, -0.05) is 13.8 Å². The zero-order valence-electron chi connectivity index (χ0n) is 26.1. The Morgan fingerprint density at radius 1 is 1.16 bits per heavy atom. The van der Waals surface area contributed by atoms with Gasteiger partial charge < -0.3 is 60.1 Å². The van der Waals surface area contributed by atoms with Gasteiger partial charge in [-0.2, -0.15) is 0 Å². The van der Waals surface area contributed by atoms with Gasteiger partial charge in [0.25, 0.3) is 0 Å².